The van der Waals surface area contributed by atoms with E-state index in [1.165, 1.54) is 75.2 Å². The summed E-state index contributed by atoms with van der Waals surface area (Å²) < 4.78 is 0. The second-order valence-corrected chi connectivity index (χ2v) is 13.4. The van der Waals surface area contributed by atoms with Crippen LogP contribution in [0.15, 0.2) is 109 Å². The van der Waals surface area contributed by atoms with E-state index < -0.39 is 6.89 Å². The lowest BCUT2D eigenvalue weighted by molar-refractivity contribution is 1.79. The predicted molar refractivity (Wildman–Crippen MR) is 160 cm³/mol. The summed E-state index contributed by atoms with van der Waals surface area (Å²) in [5, 5.41) is 18.8. The zero-order valence-electron chi connectivity index (χ0n) is 19.5. The van der Waals surface area contributed by atoms with Crippen LogP contribution in [-0.2, 0) is 0 Å². The highest BCUT2D eigenvalue weighted by Crippen LogP contribution is 2.46. The normalized spacial score (nSPS) is 12.8. The van der Waals surface area contributed by atoms with Crippen molar-refractivity contribution in [3.05, 3.63) is 109 Å². The Kier molecular flexibility index (Phi) is 3.68. The topological polar surface area (TPSA) is 0 Å². The number of benzene rings is 8. The number of hydrogen-bond acceptors (Lipinski definition) is 0. The highest BCUT2D eigenvalue weighted by molar-refractivity contribution is 7.87. The van der Waals surface area contributed by atoms with E-state index in [0.29, 0.717) is 0 Å². The van der Waals surface area contributed by atoms with Gasteiger partial charge in [0.1, 0.15) is 0 Å². The molecule has 0 fully saturated rings. The van der Waals surface area contributed by atoms with Crippen molar-refractivity contribution >= 4 is 88.4 Å². The molecule has 0 saturated heterocycles. The first kappa shape index (κ1) is 19.4. The van der Waals surface area contributed by atoms with E-state index in [2.05, 4.69) is 116 Å². The molecule has 0 N–H and O–H groups in total. The standard InChI is InChI=1S/C34H23P/c1-35(2,29-19-15-25-11-9-21-5-3-7-23-13-17-27(29)33(25)31(21)23)30-20-16-26-12-10-22-6-4-8-24-14-18-28(30)34(26)32(22)24/h3-20H,1H2,2H3. The Hall–Kier alpha value is -3.86. The van der Waals surface area contributed by atoms with E-state index in [1.54, 1.807) is 0 Å². The maximum Gasteiger partial charge on any atom is -0.00203 e. The third-order valence-electron chi connectivity index (χ3n) is 8.07. The Morgan fingerprint density at radius 3 is 1.11 bits per heavy atom. The second kappa shape index (κ2) is 6.63. The Morgan fingerprint density at radius 1 is 0.400 bits per heavy atom. The summed E-state index contributed by atoms with van der Waals surface area (Å²) in [5.41, 5.74) is 0. The van der Waals surface area contributed by atoms with Crippen LogP contribution in [0, 0.1) is 0 Å². The molecule has 0 aromatic heterocycles. The molecular weight excluding hydrogens is 439 g/mol. The first-order valence-corrected chi connectivity index (χ1v) is 14.6. The maximum absolute atomic E-state index is 4.99. The van der Waals surface area contributed by atoms with Crippen LogP contribution in [0.5, 0.6) is 0 Å². The van der Waals surface area contributed by atoms with Crippen molar-refractivity contribution in [1.82, 2.24) is 0 Å². The van der Waals surface area contributed by atoms with Gasteiger partial charge in [-0.15, -0.1) is 0 Å². The van der Waals surface area contributed by atoms with Gasteiger partial charge in [-0.1, -0.05) is 122 Å². The third-order valence-corrected chi connectivity index (χ3v) is 11.0. The van der Waals surface area contributed by atoms with Crippen molar-refractivity contribution in [3.63, 3.8) is 0 Å². The molecule has 0 amide bonds. The molecule has 0 spiro atoms. The van der Waals surface area contributed by atoms with Gasteiger partial charge in [0, 0.05) is 0 Å². The van der Waals surface area contributed by atoms with Gasteiger partial charge in [0.05, 0.1) is 0 Å². The molecule has 0 nitrogen and oxygen atoms in total. The van der Waals surface area contributed by atoms with Gasteiger partial charge in [0.15, 0.2) is 0 Å². The quantitative estimate of drug-likeness (QED) is 0.178. The van der Waals surface area contributed by atoms with E-state index in [1.807, 2.05) is 0 Å². The molecule has 35 heavy (non-hydrogen) atoms. The number of hydrogen-bond donors (Lipinski definition) is 0. The zero-order valence-corrected chi connectivity index (χ0v) is 20.4. The van der Waals surface area contributed by atoms with Crippen molar-refractivity contribution in [2.24, 2.45) is 0 Å². The van der Waals surface area contributed by atoms with Gasteiger partial charge < -0.3 is 0 Å². The van der Waals surface area contributed by atoms with Crippen molar-refractivity contribution in [1.29, 1.82) is 0 Å². The van der Waals surface area contributed by atoms with Crippen LogP contribution in [0.4, 0.5) is 0 Å². The molecule has 0 aliphatic heterocycles. The molecule has 0 heterocycles. The molecule has 8 rings (SSSR count). The summed E-state index contributed by atoms with van der Waals surface area (Å²) in [7, 11) is 0. The van der Waals surface area contributed by atoms with Gasteiger partial charge in [-0.05, 0) is 81.9 Å². The van der Waals surface area contributed by atoms with Crippen molar-refractivity contribution in [2.45, 2.75) is 0 Å². The lowest BCUT2D eigenvalue weighted by Crippen LogP contribution is -2.17. The highest BCUT2D eigenvalue weighted by atomic mass is 31.2. The van der Waals surface area contributed by atoms with Crippen LogP contribution in [-0.4, -0.2) is 13.0 Å². The molecule has 0 bridgehead atoms. The van der Waals surface area contributed by atoms with E-state index >= 15 is 0 Å². The lowest BCUT2D eigenvalue weighted by Gasteiger charge is -2.26. The Balaban J connectivity index is 1.49. The fraction of sp³-hybridized carbons (Fsp3) is 0.0294. The van der Waals surface area contributed by atoms with Gasteiger partial charge in [0.25, 0.3) is 0 Å². The van der Waals surface area contributed by atoms with Crippen molar-refractivity contribution < 1.29 is 0 Å². The molecule has 0 aliphatic carbocycles. The largest absolute Gasteiger partial charge is 0.0928 e. The molecule has 0 aliphatic rings. The Morgan fingerprint density at radius 2 is 0.714 bits per heavy atom. The predicted octanol–water partition coefficient (Wildman–Crippen LogP) is 8.51. The third kappa shape index (κ3) is 2.48. The average molecular weight is 463 g/mol. The fourth-order valence-electron chi connectivity index (χ4n) is 6.43. The van der Waals surface area contributed by atoms with Gasteiger partial charge in [-0.25, -0.2) is 0 Å². The fourth-order valence-corrected chi connectivity index (χ4v) is 8.93. The lowest BCUT2D eigenvalue weighted by atomic mass is 9.94. The Labute approximate surface area is 204 Å². The number of rotatable bonds is 2. The second-order valence-electron chi connectivity index (χ2n) is 10.1. The molecule has 164 valence electrons. The Bertz CT molecular complexity index is 1960. The van der Waals surface area contributed by atoms with Crippen molar-refractivity contribution in [3.8, 4) is 0 Å². The van der Waals surface area contributed by atoms with Gasteiger partial charge in [-0.3, -0.25) is 0 Å². The summed E-state index contributed by atoms with van der Waals surface area (Å²) in [6.45, 7) is 0.480. The first-order chi connectivity index (χ1) is 17.1. The van der Waals surface area contributed by atoms with Crippen LogP contribution >= 0.6 is 6.89 Å². The summed E-state index contributed by atoms with van der Waals surface area (Å²) in [6.07, 6.45) is 4.99. The minimum atomic E-state index is -1.91. The summed E-state index contributed by atoms with van der Waals surface area (Å²) >= 11 is 0. The SMILES string of the molecule is C=P(C)(c1ccc2ccc3cccc4ccc1c2c34)c1ccc2ccc3cccc4ccc1c2c34. The van der Waals surface area contributed by atoms with Crippen molar-refractivity contribution in [2.75, 3.05) is 6.66 Å². The van der Waals surface area contributed by atoms with E-state index in [-0.39, 0.29) is 0 Å². The zero-order chi connectivity index (χ0) is 23.3. The molecule has 0 atom stereocenters. The summed E-state index contributed by atoms with van der Waals surface area (Å²) in [4.78, 5) is 0. The summed E-state index contributed by atoms with van der Waals surface area (Å²) in [5.74, 6) is 0. The van der Waals surface area contributed by atoms with Gasteiger partial charge in [0.2, 0.25) is 0 Å². The van der Waals surface area contributed by atoms with E-state index in [9.17, 15) is 0 Å². The molecule has 0 unspecified atom stereocenters. The first-order valence-electron chi connectivity index (χ1n) is 12.2. The molecule has 1 heteroatoms. The van der Waals surface area contributed by atoms with Crippen LogP contribution in [0.1, 0.15) is 0 Å². The van der Waals surface area contributed by atoms with E-state index in [0.717, 1.165) is 0 Å². The van der Waals surface area contributed by atoms with Crippen LogP contribution in [0.3, 0.4) is 0 Å². The maximum atomic E-state index is 4.99. The summed E-state index contributed by atoms with van der Waals surface area (Å²) in [6, 6.07) is 40.8. The molecule has 0 radical (unpaired) electrons. The minimum absolute atomic E-state index is 1.31. The van der Waals surface area contributed by atoms with E-state index in [4.69, 9.17) is 6.30 Å². The minimum Gasteiger partial charge on any atom is -0.0928 e. The van der Waals surface area contributed by atoms with Crippen LogP contribution < -0.4 is 10.6 Å². The molecule has 0 saturated carbocycles. The van der Waals surface area contributed by atoms with Crippen LogP contribution in [0.25, 0.3) is 64.6 Å². The highest BCUT2D eigenvalue weighted by Gasteiger charge is 2.22. The smallest absolute Gasteiger partial charge is 0.00203 e. The average Bonchev–Trinajstić information content (AvgIpc) is 2.90. The van der Waals surface area contributed by atoms with Gasteiger partial charge in [-0.2, -0.15) is 0 Å². The molecular formula is C34H23P. The molecule has 8 aromatic carbocycles. The van der Waals surface area contributed by atoms with Gasteiger partial charge >= 0.3 is 0 Å². The van der Waals surface area contributed by atoms with Crippen LogP contribution in [0.2, 0.25) is 0 Å². The molecule has 8 aromatic rings. The monoisotopic (exact) mass is 462 g/mol.